The van der Waals surface area contributed by atoms with Crippen LogP contribution in [0.25, 0.3) is 0 Å². The quantitative estimate of drug-likeness (QED) is 0.518. The fraction of sp³-hybridized carbons (Fsp3) is 0.455. The maximum absolute atomic E-state index is 11.3. The Morgan fingerprint density at radius 3 is 1.93 bits per heavy atom. The molecule has 0 atom stereocenters. The lowest BCUT2D eigenvalue weighted by Crippen LogP contribution is -2.48. The molecule has 0 spiro atoms. The van der Waals surface area contributed by atoms with Crippen molar-refractivity contribution in [3.05, 3.63) is 68.3 Å². The first-order chi connectivity index (χ1) is 13.9. The monoisotopic (exact) mass is 393 g/mol. The van der Waals surface area contributed by atoms with Crippen LogP contribution in [0.1, 0.15) is 44.1 Å². The molecule has 0 radical (unpaired) electrons. The van der Waals surface area contributed by atoms with Crippen molar-refractivity contribution in [3.8, 4) is 0 Å². The zero-order valence-electron chi connectivity index (χ0n) is 16.0. The van der Waals surface area contributed by atoms with E-state index in [9.17, 15) is 20.2 Å². The standard InChI is InChI=1S/C22H23N3O4/c26-24(27)19-5-6-20(21(10-19)25(28)29)23-18-3-1-17(2-4-18)22-11-14-7-15(12-22)9-16(8-14)13-22/h1-6,10,14-16,23H,7-9,11-13H2. The number of nitrogens with zero attached hydrogens (tertiary/aromatic N) is 2. The summed E-state index contributed by atoms with van der Waals surface area (Å²) in [5, 5.41) is 25.3. The number of nitro groups is 2. The molecule has 4 aliphatic carbocycles. The second kappa shape index (κ2) is 6.54. The van der Waals surface area contributed by atoms with Crippen LogP contribution in [0.2, 0.25) is 0 Å². The fourth-order valence-electron chi connectivity index (χ4n) is 6.42. The van der Waals surface area contributed by atoms with Crippen LogP contribution in [0.5, 0.6) is 0 Å². The second-order valence-corrected chi connectivity index (χ2v) is 9.12. The zero-order valence-corrected chi connectivity index (χ0v) is 16.0. The Morgan fingerprint density at radius 2 is 1.41 bits per heavy atom. The maximum atomic E-state index is 11.3. The molecule has 2 aromatic carbocycles. The van der Waals surface area contributed by atoms with Crippen LogP contribution in [-0.4, -0.2) is 9.85 Å². The highest BCUT2D eigenvalue weighted by Crippen LogP contribution is 2.60. The number of nitro benzene ring substituents is 2. The largest absolute Gasteiger partial charge is 0.350 e. The molecule has 0 heterocycles. The number of benzene rings is 2. The van der Waals surface area contributed by atoms with Gasteiger partial charge in [0.1, 0.15) is 5.69 Å². The van der Waals surface area contributed by atoms with Gasteiger partial charge in [-0.05, 0) is 85.5 Å². The average Bonchev–Trinajstić information content (AvgIpc) is 2.67. The van der Waals surface area contributed by atoms with Crippen LogP contribution in [0, 0.1) is 38.0 Å². The predicted molar refractivity (Wildman–Crippen MR) is 109 cm³/mol. The molecule has 1 N–H and O–H groups in total. The molecule has 0 aliphatic heterocycles. The first-order valence-electron chi connectivity index (χ1n) is 10.2. The highest BCUT2D eigenvalue weighted by molar-refractivity contribution is 5.71. The number of rotatable bonds is 5. The van der Waals surface area contributed by atoms with Crippen LogP contribution in [0.3, 0.4) is 0 Å². The molecule has 150 valence electrons. The number of hydrogen-bond donors (Lipinski definition) is 1. The minimum Gasteiger partial charge on any atom is -0.350 e. The van der Waals surface area contributed by atoms with Gasteiger partial charge in [-0.15, -0.1) is 0 Å². The molecule has 4 bridgehead atoms. The molecule has 6 rings (SSSR count). The molecule has 4 fully saturated rings. The molecule has 0 unspecified atom stereocenters. The SMILES string of the molecule is O=[N+]([O-])c1ccc(Nc2ccc(C34CC5CC(CC(C5)C3)C4)cc2)c([N+](=O)[O-])c1. The van der Waals surface area contributed by atoms with Gasteiger partial charge < -0.3 is 5.32 Å². The average molecular weight is 393 g/mol. The van der Waals surface area contributed by atoms with Crippen molar-refractivity contribution in [3.63, 3.8) is 0 Å². The van der Waals surface area contributed by atoms with Crippen molar-refractivity contribution in [1.82, 2.24) is 0 Å². The molecule has 0 aromatic heterocycles. The minimum atomic E-state index is -0.628. The smallest absolute Gasteiger partial charge is 0.299 e. The highest BCUT2D eigenvalue weighted by atomic mass is 16.6. The molecule has 0 amide bonds. The van der Waals surface area contributed by atoms with E-state index in [1.807, 2.05) is 12.1 Å². The molecular formula is C22H23N3O4. The molecule has 4 saturated carbocycles. The zero-order chi connectivity index (χ0) is 20.2. The van der Waals surface area contributed by atoms with Gasteiger partial charge in [-0.2, -0.15) is 0 Å². The van der Waals surface area contributed by atoms with Crippen molar-refractivity contribution in [2.75, 3.05) is 5.32 Å². The van der Waals surface area contributed by atoms with Gasteiger partial charge in [-0.1, -0.05) is 12.1 Å². The Bertz CT molecular complexity index is 951. The van der Waals surface area contributed by atoms with E-state index in [0.717, 1.165) is 29.5 Å². The highest BCUT2D eigenvalue weighted by Gasteiger charge is 2.51. The maximum Gasteiger partial charge on any atom is 0.299 e. The molecule has 2 aromatic rings. The van der Waals surface area contributed by atoms with Crippen LogP contribution in [0.15, 0.2) is 42.5 Å². The van der Waals surface area contributed by atoms with Crippen LogP contribution < -0.4 is 5.32 Å². The molecular weight excluding hydrogens is 370 g/mol. The van der Waals surface area contributed by atoms with Gasteiger partial charge in [-0.3, -0.25) is 20.2 Å². The van der Waals surface area contributed by atoms with Gasteiger partial charge in [-0.25, -0.2) is 0 Å². The molecule has 7 heteroatoms. The summed E-state index contributed by atoms with van der Waals surface area (Å²) in [6.07, 6.45) is 8.09. The lowest BCUT2D eigenvalue weighted by molar-refractivity contribution is -0.393. The van der Waals surface area contributed by atoms with Gasteiger partial charge >= 0.3 is 0 Å². The number of hydrogen-bond acceptors (Lipinski definition) is 5. The lowest BCUT2D eigenvalue weighted by atomic mass is 9.48. The van der Waals surface area contributed by atoms with E-state index in [0.29, 0.717) is 5.41 Å². The van der Waals surface area contributed by atoms with E-state index in [1.165, 1.54) is 56.2 Å². The predicted octanol–water partition coefficient (Wildman–Crippen LogP) is 5.71. The van der Waals surface area contributed by atoms with Crippen LogP contribution in [-0.2, 0) is 5.41 Å². The Balaban J connectivity index is 1.39. The Labute approximate surface area is 168 Å². The van der Waals surface area contributed by atoms with Gasteiger partial charge in [0.05, 0.1) is 15.9 Å². The van der Waals surface area contributed by atoms with Crippen molar-refractivity contribution < 1.29 is 9.85 Å². The van der Waals surface area contributed by atoms with Crippen LogP contribution >= 0.6 is 0 Å². The first-order valence-corrected chi connectivity index (χ1v) is 10.2. The fourth-order valence-corrected chi connectivity index (χ4v) is 6.42. The van der Waals surface area contributed by atoms with Crippen LogP contribution in [0.4, 0.5) is 22.7 Å². The molecule has 7 nitrogen and oxygen atoms in total. The Hall–Kier alpha value is -2.96. The van der Waals surface area contributed by atoms with Crippen molar-refractivity contribution in [1.29, 1.82) is 0 Å². The summed E-state index contributed by atoms with van der Waals surface area (Å²) in [6.45, 7) is 0. The number of nitrogens with one attached hydrogen (secondary N) is 1. The topological polar surface area (TPSA) is 98.3 Å². The summed E-state index contributed by atoms with van der Waals surface area (Å²) in [4.78, 5) is 21.0. The summed E-state index contributed by atoms with van der Waals surface area (Å²) < 4.78 is 0. The Morgan fingerprint density at radius 1 is 0.828 bits per heavy atom. The normalized spacial score (nSPS) is 29.6. The minimum absolute atomic E-state index is 0.253. The van der Waals surface area contributed by atoms with Gasteiger partial charge in [0.2, 0.25) is 0 Å². The summed E-state index contributed by atoms with van der Waals surface area (Å²) in [6, 6.07) is 11.9. The molecule has 4 aliphatic rings. The third kappa shape index (κ3) is 3.14. The summed E-state index contributed by atoms with van der Waals surface area (Å²) in [5.41, 5.74) is 2.11. The second-order valence-electron chi connectivity index (χ2n) is 9.12. The molecule has 29 heavy (non-hydrogen) atoms. The lowest BCUT2D eigenvalue weighted by Gasteiger charge is -2.57. The summed E-state index contributed by atoms with van der Waals surface area (Å²) >= 11 is 0. The van der Waals surface area contributed by atoms with Crippen molar-refractivity contribution in [2.24, 2.45) is 17.8 Å². The number of anilines is 2. The summed E-state index contributed by atoms with van der Waals surface area (Å²) in [5.74, 6) is 2.63. The Kier molecular flexibility index (Phi) is 4.08. The van der Waals surface area contributed by atoms with Crippen molar-refractivity contribution >= 4 is 22.7 Å². The third-order valence-corrected chi connectivity index (χ3v) is 7.20. The molecule has 0 saturated heterocycles. The first kappa shape index (κ1) is 18.1. The van der Waals surface area contributed by atoms with Crippen molar-refractivity contribution in [2.45, 2.75) is 43.9 Å². The van der Waals surface area contributed by atoms with Gasteiger partial charge in [0.25, 0.3) is 11.4 Å². The van der Waals surface area contributed by atoms with E-state index < -0.39 is 9.85 Å². The number of non-ortho nitro benzene ring substituents is 1. The van der Waals surface area contributed by atoms with Gasteiger partial charge in [0.15, 0.2) is 0 Å². The van der Waals surface area contributed by atoms with E-state index in [2.05, 4.69) is 17.4 Å². The third-order valence-electron chi connectivity index (χ3n) is 7.20. The van der Waals surface area contributed by atoms with E-state index >= 15 is 0 Å². The van der Waals surface area contributed by atoms with Gasteiger partial charge in [0, 0.05) is 11.8 Å². The van der Waals surface area contributed by atoms with E-state index in [-0.39, 0.29) is 17.1 Å². The van der Waals surface area contributed by atoms with E-state index in [4.69, 9.17) is 0 Å². The summed E-state index contributed by atoms with van der Waals surface area (Å²) in [7, 11) is 0. The van der Waals surface area contributed by atoms with E-state index in [1.54, 1.807) is 0 Å².